The number of rotatable bonds is 8. The number of carbonyl (C=O) groups is 1. The largest absolute Gasteiger partial charge is 0.493 e. The maximum Gasteiger partial charge on any atom is 0.319 e. The highest BCUT2D eigenvalue weighted by Crippen LogP contribution is 2.40. The first-order valence-corrected chi connectivity index (χ1v) is 14.5. The second kappa shape index (κ2) is 11.8. The van der Waals surface area contributed by atoms with Crippen molar-refractivity contribution in [2.24, 2.45) is 5.92 Å². The molecule has 2 N–H and O–H groups in total. The third kappa shape index (κ3) is 6.80. The minimum atomic E-state index is -3.26. The number of ether oxygens (including phenoxy) is 3. The lowest BCUT2D eigenvalue weighted by Gasteiger charge is -2.38. The average molecular weight is 552 g/mol. The Hall–Kier alpha value is -2.69. The van der Waals surface area contributed by atoms with Gasteiger partial charge in [0.2, 0.25) is 5.75 Å². The van der Waals surface area contributed by atoms with E-state index >= 15 is 0 Å². The maximum absolute atomic E-state index is 12.9. The number of hydrogen-bond acceptors (Lipinski definition) is 7. The number of carbonyl (C=O) groups excluding carboxylic acids is 1. The number of sulfone groups is 1. The van der Waals surface area contributed by atoms with Gasteiger partial charge in [-0.05, 0) is 56.0 Å². The van der Waals surface area contributed by atoms with Crippen molar-refractivity contribution in [3.8, 4) is 17.2 Å². The standard InChI is InChI=1S/C26H34ClN3O6S/c1-34-23-13-20(14-24(35-2)25(23)36-3)28-26(31)29-21-15-37(32,33)16-22(21)30-10-8-18(9-11-30)12-17-4-6-19(27)7-5-17/h4-7,13-14,18,21-22H,8-12,15-16H2,1-3H3,(H2,28,29,31)/t21-,22-/m0/s1. The van der Waals surface area contributed by atoms with Crippen LogP contribution in [0.3, 0.4) is 0 Å². The van der Waals surface area contributed by atoms with Gasteiger partial charge in [-0.15, -0.1) is 0 Å². The summed E-state index contributed by atoms with van der Waals surface area (Å²) in [7, 11) is 1.23. The van der Waals surface area contributed by atoms with Gasteiger partial charge in [-0.25, -0.2) is 13.2 Å². The van der Waals surface area contributed by atoms with Crippen molar-refractivity contribution in [3.63, 3.8) is 0 Å². The van der Waals surface area contributed by atoms with Gasteiger partial charge in [-0.2, -0.15) is 0 Å². The number of hydrogen-bond donors (Lipinski definition) is 2. The zero-order valence-corrected chi connectivity index (χ0v) is 22.9. The van der Waals surface area contributed by atoms with Crippen molar-refractivity contribution in [1.82, 2.24) is 10.2 Å². The summed E-state index contributed by atoms with van der Waals surface area (Å²) in [6.07, 6.45) is 2.93. The Balaban J connectivity index is 1.38. The number of halogens is 1. The van der Waals surface area contributed by atoms with E-state index in [4.69, 9.17) is 25.8 Å². The lowest BCUT2D eigenvalue weighted by molar-refractivity contribution is 0.128. The molecule has 2 aromatic carbocycles. The van der Waals surface area contributed by atoms with E-state index in [-0.39, 0.29) is 17.5 Å². The van der Waals surface area contributed by atoms with E-state index in [0.717, 1.165) is 37.4 Å². The highest BCUT2D eigenvalue weighted by atomic mass is 35.5. The third-order valence-electron chi connectivity index (χ3n) is 7.12. The minimum Gasteiger partial charge on any atom is -0.493 e. The summed E-state index contributed by atoms with van der Waals surface area (Å²) < 4.78 is 41.1. The molecule has 0 saturated carbocycles. The number of piperidine rings is 1. The Kier molecular flexibility index (Phi) is 8.71. The monoisotopic (exact) mass is 551 g/mol. The first-order chi connectivity index (χ1) is 17.7. The van der Waals surface area contributed by atoms with Crippen LogP contribution in [0.2, 0.25) is 5.02 Å². The number of amides is 2. The molecule has 37 heavy (non-hydrogen) atoms. The van der Waals surface area contributed by atoms with Crippen LogP contribution in [0.1, 0.15) is 18.4 Å². The number of nitrogens with one attached hydrogen (secondary N) is 2. The predicted octanol–water partition coefficient (Wildman–Crippen LogP) is 3.61. The number of benzene rings is 2. The summed E-state index contributed by atoms with van der Waals surface area (Å²) in [5.41, 5.74) is 1.70. The van der Waals surface area contributed by atoms with Crippen molar-refractivity contribution in [1.29, 1.82) is 0 Å². The SMILES string of the molecule is COc1cc(NC(=O)N[C@H]2CS(=O)(=O)C[C@@H]2N2CCC(Cc3ccc(Cl)cc3)CC2)cc(OC)c1OC. The zero-order chi connectivity index (χ0) is 26.6. The second-order valence-corrected chi connectivity index (χ2v) is 12.2. The molecule has 0 radical (unpaired) electrons. The fourth-order valence-corrected chi connectivity index (χ4v) is 7.34. The minimum absolute atomic E-state index is 0.0456. The predicted molar refractivity (Wildman–Crippen MR) is 144 cm³/mol. The number of urea groups is 1. The second-order valence-electron chi connectivity index (χ2n) is 9.57. The molecule has 2 atom stereocenters. The van der Waals surface area contributed by atoms with E-state index in [1.54, 1.807) is 12.1 Å². The van der Waals surface area contributed by atoms with E-state index < -0.39 is 21.9 Å². The molecule has 2 aromatic rings. The Labute approximate surface area is 223 Å². The summed E-state index contributed by atoms with van der Waals surface area (Å²) in [6.45, 7) is 1.59. The van der Waals surface area contributed by atoms with Crippen LogP contribution in [-0.4, -0.2) is 77.4 Å². The zero-order valence-electron chi connectivity index (χ0n) is 21.3. The molecule has 0 bridgehead atoms. The summed E-state index contributed by atoms with van der Waals surface area (Å²) in [4.78, 5) is 15.1. The summed E-state index contributed by atoms with van der Waals surface area (Å²) in [5, 5.41) is 6.39. The summed E-state index contributed by atoms with van der Waals surface area (Å²) in [5.74, 6) is 1.72. The van der Waals surface area contributed by atoms with E-state index in [9.17, 15) is 13.2 Å². The molecule has 202 valence electrons. The van der Waals surface area contributed by atoms with Crippen LogP contribution >= 0.6 is 11.6 Å². The Morgan fingerprint density at radius 3 is 2.19 bits per heavy atom. The molecule has 0 aromatic heterocycles. The highest BCUT2D eigenvalue weighted by Gasteiger charge is 2.42. The summed E-state index contributed by atoms with van der Waals surface area (Å²) in [6, 6.07) is 9.94. The molecular formula is C26H34ClN3O6S. The molecule has 2 amide bonds. The van der Waals surface area contributed by atoms with Crippen LogP contribution in [0.5, 0.6) is 17.2 Å². The van der Waals surface area contributed by atoms with Gasteiger partial charge in [0.15, 0.2) is 21.3 Å². The lowest BCUT2D eigenvalue weighted by Crippen LogP contribution is -2.54. The van der Waals surface area contributed by atoms with Gasteiger partial charge in [0.05, 0.1) is 44.6 Å². The fraction of sp³-hybridized carbons (Fsp3) is 0.500. The van der Waals surface area contributed by atoms with Crippen LogP contribution in [0.15, 0.2) is 36.4 Å². The first-order valence-electron chi connectivity index (χ1n) is 12.3. The molecule has 2 saturated heterocycles. The molecule has 4 rings (SSSR count). The summed E-state index contributed by atoms with van der Waals surface area (Å²) >= 11 is 6.00. The van der Waals surface area contributed by atoms with E-state index in [2.05, 4.69) is 27.7 Å². The van der Waals surface area contributed by atoms with Crippen molar-refractivity contribution >= 4 is 33.2 Å². The number of methoxy groups -OCH3 is 3. The molecule has 9 nitrogen and oxygen atoms in total. The van der Waals surface area contributed by atoms with Crippen LogP contribution < -0.4 is 24.8 Å². The van der Waals surface area contributed by atoms with Gasteiger partial charge in [-0.3, -0.25) is 4.90 Å². The van der Waals surface area contributed by atoms with Crippen molar-refractivity contribution < 1.29 is 27.4 Å². The van der Waals surface area contributed by atoms with Gasteiger partial charge in [0.1, 0.15) is 0 Å². The molecule has 11 heteroatoms. The van der Waals surface area contributed by atoms with Crippen LogP contribution in [0.25, 0.3) is 0 Å². The molecule has 2 heterocycles. The fourth-order valence-electron chi connectivity index (χ4n) is 5.26. The van der Waals surface area contributed by atoms with Gasteiger partial charge >= 0.3 is 6.03 Å². The Morgan fingerprint density at radius 1 is 1.00 bits per heavy atom. The Bertz CT molecular complexity index is 1170. The van der Waals surface area contributed by atoms with Gasteiger partial charge < -0.3 is 24.8 Å². The molecule has 2 fully saturated rings. The van der Waals surface area contributed by atoms with Crippen LogP contribution in [0, 0.1) is 5.92 Å². The molecular weight excluding hydrogens is 518 g/mol. The number of likely N-dealkylation sites (tertiary alicyclic amines) is 1. The van der Waals surface area contributed by atoms with Gasteiger partial charge in [0.25, 0.3) is 0 Å². The number of nitrogens with zero attached hydrogens (tertiary/aromatic N) is 1. The van der Waals surface area contributed by atoms with Gasteiger partial charge in [0, 0.05) is 23.2 Å². The van der Waals surface area contributed by atoms with E-state index in [1.165, 1.54) is 26.9 Å². The van der Waals surface area contributed by atoms with Gasteiger partial charge in [-0.1, -0.05) is 23.7 Å². The third-order valence-corrected chi connectivity index (χ3v) is 9.09. The van der Waals surface area contributed by atoms with Crippen molar-refractivity contribution in [2.75, 3.05) is 51.2 Å². The molecule has 0 aliphatic carbocycles. The van der Waals surface area contributed by atoms with E-state index in [0.29, 0.717) is 28.9 Å². The van der Waals surface area contributed by atoms with Crippen molar-refractivity contribution in [2.45, 2.75) is 31.3 Å². The molecule has 2 aliphatic heterocycles. The van der Waals surface area contributed by atoms with Crippen LogP contribution in [-0.2, 0) is 16.3 Å². The maximum atomic E-state index is 12.9. The molecule has 0 spiro atoms. The smallest absolute Gasteiger partial charge is 0.319 e. The normalized spacial score (nSPS) is 21.8. The van der Waals surface area contributed by atoms with Crippen molar-refractivity contribution in [3.05, 3.63) is 47.0 Å². The number of anilines is 1. The lowest BCUT2D eigenvalue weighted by atomic mass is 9.89. The quantitative estimate of drug-likeness (QED) is 0.516. The highest BCUT2D eigenvalue weighted by molar-refractivity contribution is 7.91. The van der Waals surface area contributed by atoms with E-state index in [1.807, 2.05) is 12.1 Å². The molecule has 0 unspecified atom stereocenters. The Morgan fingerprint density at radius 2 is 1.62 bits per heavy atom. The first kappa shape index (κ1) is 27.3. The van der Waals surface area contributed by atoms with Crippen LogP contribution in [0.4, 0.5) is 10.5 Å². The topological polar surface area (TPSA) is 106 Å². The molecule has 2 aliphatic rings. The average Bonchev–Trinajstić information content (AvgIpc) is 3.18.